The number of carboxylic acid groups (broad SMARTS) is 1. The molecule has 0 aliphatic carbocycles. The van der Waals surface area contributed by atoms with Gasteiger partial charge in [-0.3, -0.25) is 0 Å². The minimum atomic E-state index is -1.27. The standard InChI is InChI=1S/C21H21FO4/c1-13(2)8-11-16-18(26-3)12-15(19(20(16)23)21(24)25)10-9-14-6-4-5-7-17(14)22/h4-10,12,23H,11H2,1-3H3,(H,24,25)/b10-9+. The Bertz CT molecular complexity index is 878. The van der Waals surface area contributed by atoms with Crippen LogP contribution < -0.4 is 4.74 Å². The fraction of sp³-hybridized carbons (Fsp3) is 0.190. The number of methoxy groups -OCH3 is 1. The van der Waals surface area contributed by atoms with Crippen molar-refractivity contribution in [2.45, 2.75) is 20.3 Å². The molecule has 0 heterocycles. The molecule has 0 bridgehead atoms. The maximum Gasteiger partial charge on any atom is 0.340 e. The predicted molar refractivity (Wildman–Crippen MR) is 100 cm³/mol. The van der Waals surface area contributed by atoms with Crippen molar-refractivity contribution in [3.63, 3.8) is 0 Å². The Morgan fingerprint density at radius 1 is 1.19 bits per heavy atom. The van der Waals surface area contributed by atoms with E-state index in [4.69, 9.17) is 4.74 Å². The molecule has 0 saturated carbocycles. The summed E-state index contributed by atoms with van der Waals surface area (Å²) in [5.41, 5.74) is 1.74. The van der Waals surface area contributed by atoms with Crippen LogP contribution in [-0.2, 0) is 6.42 Å². The van der Waals surface area contributed by atoms with Gasteiger partial charge in [0.1, 0.15) is 22.9 Å². The summed E-state index contributed by atoms with van der Waals surface area (Å²) in [5.74, 6) is -1.66. The number of ether oxygens (including phenoxy) is 1. The Labute approximate surface area is 151 Å². The van der Waals surface area contributed by atoms with Gasteiger partial charge in [-0.05, 0) is 38.0 Å². The van der Waals surface area contributed by atoms with Gasteiger partial charge in [0.15, 0.2) is 0 Å². The summed E-state index contributed by atoms with van der Waals surface area (Å²) in [4.78, 5) is 11.7. The maximum atomic E-state index is 13.8. The lowest BCUT2D eigenvalue weighted by Crippen LogP contribution is -2.04. The second-order valence-corrected chi connectivity index (χ2v) is 6.02. The molecule has 0 radical (unpaired) electrons. The van der Waals surface area contributed by atoms with E-state index in [1.807, 2.05) is 19.9 Å². The number of carboxylic acids is 1. The lowest BCUT2D eigenvalue weighted by molar-refractivity contribution is 0.0693. The number of aromatic carboxylic acids is 1. The van der Waals surface area contributed by atoms with Crippen LogP contribution in [0, 0.1) is 5.82 Å². The molecule has 4 nitrogen and oxygen atoms in total. The summed E-state index contributed by atoms with van der Waals surface area (Å²) in [7, 11) is 1.45. The van der Waals surface area contributed by atoms with E-state index in [9.17, 15) is 19.4 Å². The third-order valence-electron chi connectivity index (χ3n) is 3.89. The molecule has 0 amide bonds. The van der Waals surface area contributed by atoms with Gasteiger partial charge in [-0.1, -0.05) is 42.0 Å². The normalized spacial score (nSPS) is 10.8. The SMILES string of the molecule is COc1cc(/C=C/c2ccccc2F)c(C(=O)O)c(O)c1CC=C(C)C. The van der Waals surface area contributed by atoms with E-state index >= 15 is 0 Å². The summed E-state index contributed by atoms with van der Waals surface area (Å²) in [6.45, 7) is 3.82. The zero-order chi connectivity index (χ0) is 19.3. The molecule has 0 aromatic heterocycles. The van der Waals surface area contributed by atoms with Crippen molar-refractivity contribution >= 4 is 18.1 Å². The molecule has 2 N–H and O–H groups in total. The molecular formula is C21H21FO4. The van der Waals surface area contributed by atoms with Crippen LogP contribution in [-0.4, -0.2) is 23.3 Å². The number of halogens is 1. The number of carbonyl (C=O) groups is 1. The van der Waals surface area contributed by atoms with Gasteiger partial charge in [-0.15, -0.1) is 0 Å². The molecule has 26 heavy (non-hydrogen) atoms. The summed E-state index contributed by atoms with van der Waals surface area (Å²) < 4.78 is 19.1. The van der Waals surface area contributed by atoms with Crippen LogP contribution in [0.1, 0.15) is 40.9 Å². The van der Waals surface area contributed by atoms with Crippen molar-refractivity contribution in [2.24, 2.45) is 0 Å². The van der Waals surface area contributed by atoms with Gasteiger partial charge < -0.3 is 14.9 Å². The average molecular weight is 356 g/mol. The molecule has 5 heteroatoms. The zero-order valence-corrected chi connectivity index (χ0v) is 14.9. The lowest BCUT2D eigenvalue weighted by atomic mass is 9.97. The summed E-state index contributed by atoms with van der Waals surface area (Å²) in [6.07, 6.45) is 5.13. The lowest BCUT2D eigenvalue weighted by Gasteiger charge is -2.14. The summed E-state index contributed by atoms with van der Waals surface area (Å²) in [5, 5.41) is 20.1. The highest BCUT2D eigenvalue weighted by atomic mass is 19.1. The smallest absolute Gasteiger partial charge is 0.340 e. The van der Waals surface area contributed by atoms with Gasteiger partial charge in [0, 0.05) is 11.1 Å². The van der Waals surface area contributed by atoms with Crippen molar-refractivity contribution in [1.82, 2.24) is 0 Å². The van der Waals surface area contributed by atoms with E-state index < -0.39 is 11.8 Å². The van der Waals surface area contributed by atoms with Crippen LogP contribution in [0.15, 0.2) is 42.0 Å². The molecule has 0 aliphatic heterocycles. The Morgan fingerprint density at radius 2 is 1.85 bits per heavy atom. The number of hydrogen-bond acceptors (Lipinski definition) is 3. The molecule has 0 unspecified atom stereocenters. The molecular weight excluding hydrogens is 335 g/mol. The van der Waals surface area contributed by atoms with Gasteiger partial charge in [0.2, 0.25) is 0 Å². The van der Waals surface area contributed by atoms with Crippen molar-refractivity contribution < 1.29 is 24.1 Å². The fourth-order valence-electron chi connectivity index (χ4n) is 2.54. The molecule has 0 fully saturated rings. The molecule has 2 rings (SSSR count). The van der Waals surface area contributed by atoms with Crippen molar-refractivity contribution in [1.29, 1.82) is 0 Å². The Kier molecular flexibility index (Phi) is 6.17. The molecule has 0 saturated heterocycles. The molecule has 0 aliphatic rings. The van der Waals surface area contributed by atoms with Gasteiger partial charge in [0.25, 0.3) is 0 Å². The largest absolute Gasteiger partial charge is 0.507 e. The second kappa shape index (κ2) is 8.34. The first-order chi connectivity index (χ1) is 12.3. The van der Waals surface area contributed by atoms with E-state index in [1.54, 1.807) is 18.2 Å². The number of hydrogen-bond donors (Lipinski definition) is 2. The van der Waals surface area contributed by atoms with E-state index in [-0.39, 0.29) is 16.9 Å². The Morgan fingerprint density at radius 3 is 2.42 bits per heavy atom. The fourth-order valence-corrected chi connectivity index (χ4v) is 2.54. The number of phenols is 1. The number of allylic oxidation sites excluding steroid dienone is 2. The minimum Gasteiger partial charge on any atom is -0.507 e. The first kappa shape index (κ1) is 19.2. The third kappa shape index (κ3) is 4.30. The quantitative estimate of drug-likeness (QED) is 0.570. The van der Waals surface area contributed by atoms with Crippen molar-refractivity contribution in [2.75, 3.05) is 7.11 Å². The topological polar surface area (TPSA) is 66.8 Å². The van der Waals surface area contributed by atoms with Crippen LogP contribution in [0.5, 0.6) is 11.5 Å². The van der Waals surface area contributed by atoms with Gasteiger partial charge in [-0.25, -0.2) is 9.18 Å². The highest BCUT2D eigenvalue weighted by Gasteiger charge is 2.21. The van der Waals surface area contributed by atoms with Gasteiger partial charge in [0.05, 0.1) is 7.11 Å². The number of benzene rings is 2. The van der Waals surface area contributed by atoms with Crippen molar-refractivity contribution in [3.8, 4) is 11.5 Å². The van der Waals surface area contributed by atoms with Crippen LogP contribution in [0.2, 0.25) is 0 Å². The molecule has 0 atom stereocenters. The third-order valence-corrected chi connectivity index (χ3v) is 3.89. The second-order valence-electron chi connectivity index (χ2n) is 6.02. The number of rotatable bonds is 6. The monoisotopic (exact) mass is 356 g/mol. The van der Waals surface area contributed by atoms with Gasteiger partial charge in [-0.2, -0.15) is 0 Å². The highest BCUT2D eigenvalue weighted by Crippen LogP contribution is 2.36. The molecule has 136 valence electrons. The molecule has 2 aromatic rings. The van der Waals surface area contributed by atoms with Crippen LogP contribution >= 0.6 is 0 Å². The van der Waals surface area contributed by atoms with E-state index in [1.165, 1.54) is 31.4 Å². The predicted octanol–water partition coefficient (Wildman–Crippen LogP) is 4.92. The van der Waals surface area contributed by atoms with Crippen molar-refractivity contribution in [3.05, 3.63) is 70.1 Å². The first-order valence-electron chi connectivity index (χ1n) is 8.07. The van der Waals surface area contributed by atoms with Gasteiger partial charge >= 0.3 is 5.97 Å². The number of aromatic hydroxyl groups is 1. The summed E-state index contributed by atoms with van der Waals surface area (Å²) >= 11 is 0. The van der Waals surface area contributed by atoms with E-state index in [0.29, 0.717) is 23.3 Å². The minimum absolute atomic E-state index is 0.232. The Hall–Kier alpha value is -3.08. The molecule has 0 spiro atoms. The van der Waals surface area contributed by atoms with Crippen LogP contribution in [0.25, 0.3) is 12.2 Å². The maximum absolute atomic E-state index is 13.8. The zero-order valence-electron chi connectivity index (χ0n) is 14.9. The van der Waals surface area contributed by atoms with Crippen LogP contribution in [0.4, 0.5) is 4.39 Å². The van der Waals surface area contributed by atoms with E-state index in [2.05, 4.69) is 0 Å². The highest BCUT2D eigenvalue weighted by molar-refractivity contribution is 5.97. The molecule has 2 aromatic carbocycles. The summed E-state index contributed by atoms with van der Waals surface area (Å²) in [6, 6.07) is 7.68. The van der Waals surface area contributed by atoms with Crippen LogP contribution in [0.3, 0.4) is 0 Å². The first-order valence-corrected chi connectivity index (χ1v) is 8.07. The van der Waals surface area contributed by atoms with E-state index in [0.717, 1.165) is 5.57 Å². The average Bonchev–Trinajstić information content (AvgIpc) is 2.59. The Balaban J connectivity index is 2.59.